The van der Waals surface area contributed by atoms with Gasteiger partial charge in [0.25, 0.3) is 11.5 Å². The summed E-state index contributed by atoms with van der Waals surface area (Å²) < 4.78 is 19.0. The Morgan fingerprint density at radius 3 is 2.38 bits per heavy atom. The van der Waals surface area contributed by atoms with Crippen LogP contribution in [0.2, 0.25) is 18.1 Å². The molecule has 2 fully saturated rings. The second-order valence-corrected chi connectivity index (χ2v) is 13.9. The van der Waals surface area contributed by atoms with E-state index in [1.54, 1.807) is 6.92 Å². The largest absolute Gasteiger partial charge is 0.467 e. The predicted octanol–water partition coefficient (Wildman–Crippen LogP) is 4.89. The molecular formula is C27H35NO5Si. The topological polar surface area (TPSA) is 77.2 Å². The summed E-state index contributed by atoms with van der Waals surface area (Å²) in [7, 11) is -2.21. The van der Waals surface area contributed by atoms with Crippen LogP contribution in [0.1, 0.15) is 46.6 Å². The van der Waals surface area contributed by atoms with E-state index in [0.717, 1.165) is 30.1 Å². The molecule has 0 aromatic heterocycles. The van der Waals surface area contributed by atoms with Crippen LogP contribution < -0.4 is 5.32 Å². The summed E-state index contributed by atoms with van der Waals surface area (Å²) in [6.07, 6.45) is 5.51. The van der Waals surface area contributed by atoms with Gasteiger partial charge in [0.15, 0.2) is 8.32 Å². The summed E-state index contributed by atoms with van der Waals surface area (Å²) >= 11 is 0. The van der Waals surface area contributed by atoms with E-state index >= 15 is 0 Å². The molecule has 3 aliphatic rings. The molecule has 0 saturated carbocycles. The standard InChI is InChI=1S/C27H35NO5Si/c1-6-10-16-21-23(31-21)22-18(5)24(29)27(32-22)25(33-34(7-2,8-3)9-4)20(28-26(27)30)17-19-14-12-11-13-15-19/h10-17,21,23,25H,6-9H2,1-5H3,(H,28,30)/b16-10-,20-17-/t21-,23+,25+,27-/m1/s1. The van der Waals surface area contributed by atoms with Crippen molar-refractivity contribution in [3.8, 4) is 0 Å². The number of epoxide rings is 1. The van der Waals surface area contributed by atoms with Gasteiger partial charge in [-0.25, -0.2) is 0 Å². The van der Waals surface area contributed by atoms with Crippen molar-refractivity contribution in [1.29, 1.82) is 0 Å². The Balaban J connectivity index is 1.74. The second-order valence-electron chi connectivity index (χ2n) is 9.22. The molecule has 0 bridgehead atoms. The minimum absolute atomic E-state index is 0.133. The lowest BCUT2D eigenvalue weighted by molar-refractivity contribution is -0.151. The fourth-order valence-electron chi connectivity index (χ4n) is 4.90. The molecule has 3 heterocycles. The van der Waals surface area contributed by atoms with Crippen molar-refractivity contribution in [2.24, 2.45) is 0 Å². The van der Waals surface area contributed by atoms with Crippen molar-refractivity contribution in [3.63, 3.8) is 0 Å². The van der Waals surface area contributed by atoms with Crippen LogP contribution in [-0.4, -0.2) is 43.9 Å². The molecule has 4 rings (SSSR count). The van der Waals surface area contributed by atoms with Crippen molar-refractivity contribution in [1.82, 2.24) is 5.32 Å². The van der Waals surface area contributed by atoms with E-state index in [-0.39, 0.29) is 18.0 Å². The first-order valence-corrected chi connectivity index (χ1v) is 14.9. The number of rotatable bonds is 9. The molecule has 1 aromatic carbocycles. The van der Waals surface area contributed by atoms with Crippen molar-refractivity contribution in [3.05, 3.63) is 65.1 Å². The number of nitrogens with one attached hydrogen (secondary N) is 1. The normalized spacial score (nSPS) is 30.0. The van der Waals surface area contributed by atoms with Crippen LogP contribution in [0.3, 0.4) is 0 Å². The Kier molecular flexibility index (Phi) is 6.98. The Labute approximate surface area is 203 Å². The number of ketones is 1. The van der Waals surface area contributed by atoms with Crippen molar-refractivity contribution in [2.75, 3.05) is 0 Å². The first-order chi connectivity index (χ1) is 16.4. The lowest BCUT2D eigenvalue weighted by Gasteiger charge is -2.36. The number of allylic oxidation sites excluding steroid dienone is 1. The van der Waals surface area contributed by atoms with Gasteiger partial charge in [0.05, 0.1) is 5.70 Å². The monoisotopic (exact) mass is 481 g/mol. The van der Waals surface area contributed by atoms with E-state index in [0.29, 0.717) is 17.0 Å². The Bertz CT molecular complexity index is 1030. The van der Waals surface area contributed by atoms with E-state index in [1.807, 2.05) is 48.6 Å². The molecule has 34 heavy (non-hydrogen) atoms. The van der Waals surface area contributed by atoms with Gasteiger partial charge >= 0.3 is 0 Å². The molecule has 3 aliphatic heterocycles. The van der Waals surface area contributed by atoms with Gasteiger partial charge in [-0.3, -0.25) is 9.59 Å². The zero-order valence-corrected chi connectivity index (χ0v) is 21.7. The van der Waals surface area contributed by atoms with Crippen LogP contribution in [-0.2, 0) is 23.5 Å². The molecule has 1 amide bonds. The molecule has 2 saturated heterocycles. The number of carbonyl (C=O) groups excluding carboxylic acids is 2. The SMILES string of the molecule is CC/C=C\[C@H]1O[C@@H]1C1=C(C)C(=O)[C@]2(O1)C(=O)N/C(=C\c1ccccc1)[C@@H]2O[Si](CC)(CC)CC. The number of Topliss-reactive ketones (excluding diaryl/α,β-unsaturated/α-hetero) is 1. The highest BCUT2D eigenvalue weighted by Gasteiger charge is 2.68. The zero-order valence-electron chi connectivity index (χ0n) is 20.7. The molecule has 0 aliphatic carbocycles. The van der Waals surface area contributed by atoms with Gasteiger partial charge in [-0.15, -0.1) is 0 Å². The van der Waals surface area contributed by atoms with Crippen LogP contribution in [0, 0.1) is 0 Å². The van der Waals surface area contributed by atoms with E-state index in [9.17, 15) is 9.59 Å². The van der Waals surface area contributed by atoms with Gasteiger partial charge in [0.2, 0.25) is 5.78 Å². The summed E-state index contributed by atoms with van der Waals surface area (Å²) in [5.74, 6) is -0.342. The first kappa shape index (κ1) is 24.6. The fourth-order valence-corrected chi connectivity index (χ4v) is 7.69. The van der Waals surface area contributed by atoms with Crippen LogP contribution in [0.25, 0.3) is 6.08 Å². The highest BCUT2D eigenvalue weighted by molar-refractivity contribution is 6.73. The summed E-state index contributed by atoms with van der Waals surface area (Å²) in [5.41, 5.74) is 0.192. The average molecular weight is 482 g/mol. The van der Waals surface area contributed by atoms with Gasteiger partial charge in [0, 0.05) is 5.57 Å². The molecule has 4 atom stereocenters. The number of carbonyl (C=O) groups is 2. The molecule has 182 valence electrons. The zero-order chi connectivity index (χ0) is 24.5. The van der Waals surface area contributed by atoms with Crippen LogP contribution in [0.4, 0.5) is 0 Å². The highest BCUT2D eigenvalue weighted by Crippen LogP contribution is 2.47. The summed E-state index contributed by atoms with van der Waals surface area (Å²) in [6, 6.07) is 12.4. The van der Waals surface area contributed by atoms with Gasteiger partial charge in [0.1, 0.15) is 24.1 Å². The number of hydrogen-bond donors (Lipinski definition) is 1. The van der Waals surface area contributed by atoms with E-state index in [2.05, 4.69) is 33.0 Å². The molecular weight excluding hydrogens is 446 g/mol. The lowest BCUT2D eigenvalue weighted by atomic mass is 9.90. The van der Waals surface area contributed by atoms with Gasteiger partial charge in [-0.1, -0.05) is 70.2 Å². The minimum Gasteiger partial charge on any atom is -0.467 e. The summed E-state index contributed by atoms with van der Waals surface area (Å²) in [5, 5.41) is 2.95. The number of amides is 1. The Hall–Kier alpha value is -2.48. The average Bonchev–Trinajstić information content (AvgIpc) is 3.52. The molecule has 0 radical (unpaired) electrons. The van der Waals surface area contributed by atoms with Gasteiger partial charge < -0.3 is 19.2 Å². The van der Waals surface area contributed by atoms with Crippen LogP contribution >= 0.6 is 0 Å². The van der Waals surface area contributed by atoms with Gasteiger partial charge in [-0.2, -0.15) is 0 Å². The molecule has 0 unspecified atom stereocenters. The number of benzene rings is 1. The van der Waals surface area contributed by atoms with Crippen LogP contribution in [0.5, 0.6) is 0 Å². The first-order valence-electron chi connectivity index (χ1n) is 12.4. The Morgan fingerprint density at radius 2 is 1.76 bits per heavy atom. The minimum atomic E-state index is -2.21. The van der Waals surface area contributed by atoms with E-state index < -0.39 is 25.9 Å². The lowest BCUT2D eigenvalue weighted by Crippen LogP contribution is -2.56. The maximum atomic E-state index is 13.8. The fraction of sp³-hybridized carbons (Fsp3) is 0.481. The maximum absolute atomic E-state index is 13.8. The predicted molar refractivity (Wildman–Crippen MR) is 134 cm³/mol. The number of ether oxygens (including phenoxy) is 2. The number of hydrogen-bond acceptors (Lipinski definition) is 5. The van der Waals surface area contributed by atoms with Crippen molar-refractivity contribution >= 4 is 26.1 Å². The molecule has 1 N–H and O–H groups in total. The maximum Gasteiger partial charge on any atom is 0.279 e. The summed E-state index contributed by atoms with van der Waals surface area (Å²) in [6.45, 7) is 10.2. The third-order valence-electron chi connectivity index (χ3n) is 7.33. The molecule has 6 nitrogen and oxygen atoms in total. The third-order valence-corrected chi connectivity index (χ3v) is 11.9. The highest BCUT2D eigenvalue weighted by atomic mass is 28.4. The Morgan fingerprint density at radius 1 is 1.09 bits per heavy atom. The quantitative estimate of drug-likeness (QED) is 0.235. The molecule has 7 heteroatoms. The summed E-state index contributed by atoms with van der Waals surface area (Å²) in [4.78, 5) is 27.3. The van der Waals surface area contributed by atoms with Crippen LogP contribution in [0.15, 0.2) is 59.5 Å². The van der Waals surface area contributed by atoms with E-state index in [1.165, 1.54) is 0 Å². The second kappa shape index (κ2) is 9.64. The smallest absolute Gasteiger partial charge is 0.279 e. The van der Waals surface area contributed by atoms with Gasteiger partial charge in [-0.05, 0) is 43.1 Å². The van der Waals surface area contributed by atoms with Crippen molar-refractivity contribution in [2.45, 2.75) is 83.1 Å². The third kappa shape index (κ3) is 4.10. The molecule has 1 aromatic rings. The molecule has 1 spiro atoms. The van der Waals surface area contributed by atoms with E-state index in [4.69, 9.17) is 13.9 Å². The van der Waals surface area contributed by atoms with Crippen molar-refractivity contribution < 1.29 is 23.5 Å².